The summed E-state index contributed by atoms with van der Waals surface area (Å²) < 4.78 is 0. The van der Waals surface area contributed by atoms with Crippen LogP contribution in [0, 0.1) is 5.92 Å². The molecule has 1 aliphatic heterocycles. The van der Waals surface area contributed by atoms with Gasteiger partial charge >= 0.3 is 0 Å². The second-order valence-corrected chi connectivity index (χ2v) is 5.79. The van der Waals surface area contributed by atoms with Gasteiger partial charge in [0.15, 0.2) is 0 Å². The molecular formula is C14H29N3O. The maximum atomic E-state index is 11.8. The minimum absolute atomic E-state index is 0.222. The lowest BCUT2D eigenvalue weighted by Gasteiger charge is -2.22. The van der Waals surface area contributed by atoms with E-state index in [1.807, 2.05) is 0 Å². The average Bonchev–Trinajstić information content (AvgIpc) is 2.35. The molecule has 0 aromatic rings. The molecule has 1 aliphatic rings. The summed E-state index contributed by atoms with van der Waals surface area (Å²) in [6.07, 6.45) is 5.21. The van der Waals surface area contributed by atoms with Gasteiger partial charge in [-0.2, -0.15) is 0 Å². The molecule has 2 N–H and O–H groups in total. The predicted octanol–water partition coefficient (Wildman–Crippen LogP) is 1.22. The van der Waals surface area contributed by atoms with E-state index >= 15 is 0 Å². The molecule has 4 heteroatoms. The van der Waals surface area contributed by atoms with Crippen molar-refractivity contribution in [3.8, 4) is 0 Å². The minimum atomic E-state index is 0.222. The molecule has 0 aromatic carbocycles. The van der Waals surface area contributed by atoms with Crippen molar-refractivity contribution in [2.75, 3.05) is 33.7 Å². The summed E-state index contributed by atoms with van der Waals surface area (Å²) in [6.45, 7) is 5.35. The third-order valence-corrected chi connectivity index (χ3v) is 3.66. The fourth-order valence-electron chi connectivity index (χ4n) is 2.38. The molecule has 18 heavy (non-hydrogen) atoms. The van der Waals surface area contributed by atoms with Crippen molar-refractivity contribution in [2.45, 2.75) is 45.1 Å². The molecule has 0 bridgehead atoms. The molecule has 1 atom stereocenters. The van der Waals surface area contributed by atoms with Gasteiger partial charge in [0.1, 0.15) is 0 Å². The van der Waals surface area contributed by atoms with Gasteiger partial charge in [0, 0.05) is 12.5 Å². The van der Waals surface area contributed by atoms with Crippen molar-refractivity contribution < 1.29 is 4.79 Å². The highest BCUT2D eigenvalue weighted by Gasteiger charge is 2.15. The first kappa shape index (κ1) is 15.4. The Balaban J connectivity index is 2.08. The zero-order valence-corrected chi connectivity index (χ0v) is 12.2. The molecule has 1 heterocycles. The predicted molar refractivity (Wildman–Crippen MR) is 75.6 cm³/mol. The van der Waals surface area contributed by atoms with Gasteiger partial charge in [0.05, 0.1) is 0 Å². The summed E-state index contributed by atoms with van der Waals surface area (Å²) in [5.41, 5.74) is 0. The molecular weight excluding hydrogens is 226 g/mol. The number of hydrogen-bond donors (Lipinski definition) is 2. The molecule has 4 nitrogen and oxygen atoms in total. The smallest absolute Gasteiger partial charge is 0.220 e. The highest BCUT2D eigenvalue weighted by Crippen LogP contribution is 2.17. The Morgan fingerprint density at radius 2 is 2.06 bits per heavy atom. The third kappa shape index (κ3) is 6.97. The van der Waals surface area contributed by atoms with Crippen LogP contribution in [0.2, 0.25) is 0 Å². The van der Waals surface area contributed by atoms with Crippen molar-refractivity contribution in [2.24, 2.45) is 5.92 Å². The van der Waals surface area contributed by atoms with E-state index in [1.165, 1.54) is 12.8 Å². The Morgan fingerprint density at radius 1 is 1.39 bits per heavy atom. The fourth-order valence-corrected chi connectivity index (χ4v) is 2.38. The Kier molecular flexibility index (Phi) is 7.28. The molecule has 0 radical (unpaired) electrons. The van der Waals surface area contributed by atoms with E-state index < -0.39 is 0 Å². The van der Waals surface area contributed by atoms with Crippen molar-refractivity contribution in [3.63, 3.8) is 0 Å². The summed E-state index contributed by atoms with van der Waals surface area (Å²) in [6, 6.07) is 0.285. The second-order valence-electron chi connectivity index (χ2n) is 5.79. The molecule has 1 rings (SSSR count). The van der Waals surface area contributed by atoms with Crippen LogP contribution < -0.4 is 10.6 Å². The quantitative estimate of drug-likeness (QED) is 0.719. The monoisotopic (exact) mass is 255 g/mol. The van der Waals surface area contributed by atoms with Crippen LogP contribution in [0.4, 0.5) is 0 Å². The summed E-state index contributed by atoms with van der Waals surface area (Å²) in [5.74, 6) is 0.967. The zero-order chi connectivity index (χ0) is 13.4. The number of nitrogens with one attached hydrogen (secondary N) is 2. The molecule has 1 fully saturated rings. The van der Waals surface area contributed by atoms with E-state index in [2.05, 4.69) is 36.6 Å². The molecule has 106 valence electrons. The van der Waals surface area contributed by atoms with Crippen LogP contribution in [-0.4, -0.2) is 50.6 Å². The highest BCUT2D eigenvalue weighted by molar-refractivity contribution is 5.76. The van der Waals surface area contributed by atoms with E-state index in [0.29, 0.717) is 6.42 Å². The van der Waals surface area contributed by atoms with Gasteiger partial charge in [-0.1, -0.05) is 0 Å². The average molecular weight is 255 g/mol. The molecule has 1 unspecified atom stereocenters. The minimum Gasteiger partial charge on any atom is -0.354 e. The molecule has 0 aromatic heterocycles. The van der Waals surface area contributed by atoms with Crippen LogP contribution in [0.1, 0.15) is 39.0 Å². The number of piperidine rings is 1. The van der Waals surface area contributed by atoms with Crippen LogP contribution in [0.5, 0.6) is 0 Å². The number of rotatable bonds is 7. The Labute approximate surface area is 111 Å². The Hall–Kier alpha value is -0.610. The van der Waals surface area contributed by atoms with E-state index in [0.717, 1.165) is 38.4 Å². The molecule has 0 saturated carbocycles. The van der Waals surface area contributed by atoms with Crippen molar-refractivity contribution in [1.82, 2.24) is 15.5 Å². The first-order valence-electron chi connectivity index (χ1n) is 7.22. The first-order valence-corrected chi connectivity index (χ1v) is 7.22. The molecule has 0 aliphatic carbocycles. The van der Waals surface area contributed by atoms with Crippen LogP contribution in [0.25, 0.3) is 0 Å². The summed E-state index contributed by atoms with van der Waals surface area (Å²) >= 11 is 0. The van der Waals surface area contributed by atoms with E-state index in [9.17, 15) is 4.79 Å². The van der Waals surface area contributed by atoms with E-state index in [1.54, 1.807) is 0 Å². The molecule has 1 saturated heterocycles. The van der Waals surface area contributed by atoms with Crippen molar-refractivity contribution in [3.05, 3.63) is 0 Å². The van der Waals surface area contributed by atoms with Crippen LogP contribution >= 0.6 is 0 Å². The maximum Gasteiger partial charge on any atom is 0.220 e. The highest BCUT2D eigenvalue weighted by atomic mass is 16.1. The SMILES string of the molecule is CC(CCN(C)C)NC(=O)CCC1CCNCC1. The van der Waals surface area contributed by atoms with Gasteiger partial charge in [0.2, 0.25) is 5.91 Å². The topological polar surface area (TPSA) is 44.4 Å². The lowest BCUT2D eigenvalue weighted by molar-refractivity contribution is -0.122. The van der Waals surface area contributed by atoms with Gasteiger partial charge in [-0.15, -0.1) is 0 Å². The first-order chi connectivity index (χ1) is 8.58. The Bertz CT molecular complexity index is 237. The number of carbonyl (C=O) groups is 1. The summed E-state index contributed by atoms with van der Waals surface area (Å²) in [4.78, 5) is 14.0. The molecule has 0 spiro atoms. The van der Waals surface area contributed by atoms with Crippen molar-refractivity contribution >= 4 is 5.91 Å². The van der Waals surface area contributed by atoms with E-state index in [4.69, 9.17) is 0 Å². The maximum absolute atomic E-state index is 11.8. The largest absolute Gasteiger partial charge is 0.354 e. The summed E-state index contributed by atoms with van der Waals surface area (Å²) in [7, 11) is 4.12. The normalized spacial score (nSPS) is 18.9. The lowest BCUT2D eigenvalue weighted by atomic mass is 9.93. The zero-order valence-electron chi connectivity index (χ0n) is 12.2. The van der Waals surface area contributed by atoms with Crippen molar-refractivity contribution in [1.29, 1.82) is 0 Å². The molecule has 1 amide bonds. The van der Waals surface area contributed by atoms with Gasteiger partial charge < -0.3 is 15.5 Å². The van der Waals surface area contributed by atoms with Gasteiger partial charge in [-0.05, 0) is 72.3 Å². The Morgan fingerprint density at radius 3 is 2.67 bits per heavy atom. The standard InChI is InChI=1S/C14H29N3O/c1-12(8-11-17(2)3)16-14(18)5-4-13-6-9-15-10-7-13/h12-13,15H,4-11H2,1-3H3,(H,16,18). The van der Waals surface area contributed by atoms with Gasteiger partial charge in [-0.25, -0.2) is 0 Å². The third-order valence-electron chi connectivity index (χ3n) is 3.66. The summed E-state index contributed by atoms with van der Waals surface area (Å²) in [5, 5.41) is 6.45. The fraction of sp³-hybridized carbons (Fsp3) is 0.929. The second kappa shape index (κ2) is 8.48. The number of nitrogens with zero attached hydrogens (tertiary/aromatic N) is 1. The lowest BCUT2D eigenvalue weighted by Crippen LogP contribution is -2.35. The number of amides is 1. The van der Waals surface area contributed by atoms with Crippen LogP contribution in [-0.2, 0) is 4.79 Å². The van der Waals surface area contributed by atoms with Gasteiger partial charge in [0.25, 0.3) is 0 Å². The van der Waals surface area contributed by atoms with Crippen LogP contribution in [0.15, 0.2) is 0 Å². The van der Waals surface area contributed by atoms with E-state index in [-0.39, 0.29) is 11.9 Å². The number of carbonyl (C=O) groups excluding carboxylic acids is 1. The number of hydrogen-bond acceptors (Lipinski definition) is 3. The van der Waals surface area contributed by atoms with Gasteiger partial charge in [-0.3, -0.25) is 4.79 Å². The van der Waals surface area contributed by atoms with Crippen LogP contribution in [0.3, 0.4) is 0 Å².